The topological polar surface area (TPSA) is 66.5 Å². The van der Waals surface area contributed by atoms with Gasteiger partial charge in [-0.1, -0.05) is 64.8 Å². The first-order chi connectivity index (χ1) is 14.8. The maximum absolute atomic E-state index is 13.3. The van der Waals surface area contributed by atoms with Gasteiger partial charge in [0.1, 0.15) is 0 Å². The Morgan fingerprint density at radius 1 is 1.00 bits per heavy atom. The van der Waals surface area contributed by atoms with Crippen LogP contribution < -0.4 is 5.32 Å². The zero-order valence-corrected chi connectivity index (χ0v) is 20.0. The maximum Gasteiger partial charge on any atom is 0.243 e. The smallest absolute Gasteiger partial charge is 0.243 e. The third-order valence-corrected chi connectivity index (χ3v) is 7.30. The summed E-state index contributed by atoms with van der Waals surface area (Å²) >= 11 is 9.27. The van der Waals surface area contributed by atoms with E-state index in [-0.39, 0.29) is 18.0 Å². The number of sulfonamides is 1. The van der Waals surface area contributed by atoms with E-state index in [0.29, 0.717) is 10.7 Å². The number of para-hydroxylation sites is 1. The van der Waals surface area contributed by atoms with E-state index in [9.17, 15) is 13.2 Å². The van der Waals surface area contributed by atoms with Gasteiger partial charge >= 0.3 is 0 Å². The Morgan fingerprint density at radius 2 is 1.65 bits per heavy atom. The average Bonchev–Trinajstić information content (AvgIpc) is 2.75. The van der Waals surface area contributed by atoms with E-state index in [0.717, 1.165) is 22.0 Å². The molecule has 0 fully saturated rings. The number of nitrogens with one attached hydrogen (secondary N) is 1. The second-order valence-corrected chi connectivity index (χ2v) is 10.2. The van der Waals surface area contributed by atoms with E-state index < -0.39 is 15.9 Å². The molecule has 0 saturated heterocycles. The van der Waals surface area contributed by atoms with Crippen molar-refractivity contribution in [1.82, 2.24) is 4.31 Å². The Hall–Kier alpha value is -2.19. The lowest BCUT2D eigenvalue weighted by atomic mass is 10.1. The number of aryl methyl sites for hydroxylation is 1. The zero-order chi connectivity index (χ0) is 22.4. The molecule has 1 N–H and O–H groups in total. The Morgan fingerprint density at radius 3 is 2.29 bits per heavy atom. The first kappa shape index (κ1) is 23.5. The second-order valence-electron chi connectivity index (χ2n) is 6.91. The number of rotatable bonds is 8. The summed E-state index contributed by atoms with van der Waals surface area (Å²) in [6, 6.07) is 20.7. The Balaban J connectivity index is 1.88. The Bertz CT molecular complexity index is 1150. The first-order valence-electron chi connectivity index (χ1n) is 9.67. The summed E-state index contributed by atoms with van der Waals surface area (Å²) in [5.41, 5.74) is 2.39. The van der Waals surface area contributed by atoms with E-state index in [4.69, 9.17) is 11.6 Å². The van der Waals surface area contributed by atoms with Gasteiger partial charge in [-0.2, -0.15) is 4.31 Å². The molecule has 31 heavy (non-hydrogen) atoms. The highest BCUT2D eigenvalue weighted by molar-refractivity contribution is 9.10. The molecular weight excluding hydrogens is 500 g/mol. The van der Waals surface area contributed by atoms with Crippen molar-refractivity contribution in [1.29, 1.82) is 0 Å². The van der Waals surface area contributed by atoms with E-state index in [1.165, 1.54) is 16.4 Å². The third kappa shape index (κ3) is 6.17. The fourth-order valence-electron chi connectivity index (χ4n) is 3.08. The van der Waals surface area contributed by atoms with Crippen molar-refractivity contribution < 1.29 is 13.2 Å². The largest absolute Gasteiger partial charge is 0.325 e. The Labute approximate surface area is 196 Å². The molecule has 162 valence electrons. The van der Waals surface area contributed by atoms with Crippen molar-refractivity contribution in [3.05, 3.63) is 93.4 Å². The maximum atomic E-state index is 13.3. The van der Waals surface area contributed by atoms with E-state index >= 15 is 0 Å². The number of halogens is 2. The first-order valence-corrected chi connectivity index (χ1v) is 12.3. The lowest BCUT2D eigenvalue weighted by molar-refractivity contribution is -0.116. The summed E-state index contributed by atoms with van der Waals surface area (Å²) < 4.78 is 28.6. The van der Waals surface area contributed by atoms with Gasteiger partial charge in [0.05, 0.1) is 11.4 Å². The van der Waals surface area contributed by atoms with Crippen molar-refractivity contribution in [2.75, 3.05) is 11.9 Å². The van der Waals surface area contributed by atoms with Crippen LogP contribution in [0.15, 0.2) is 82.2 Å². The summed E-state index contributed by atoms with van der Waals surface area (Å²) in [5, 5.41) is 3.40. The number of anilines is 1. The van der Waals surface area contributed by atoms with Gasteiger partial charge in [-0.25, -0.2) is 8.42 Å². The van der Waals surface area contributed by atoms with Crippen LogP contribution in [0.2, 0.25) is 5.02 Å². The molecule has 0 heterocycles. The molecule has 0 radical (unpaired) electrons. The highest BCUT2D eigenvalue weighted by Gasteiger charge is 2.27. The lowest BCUT2D eigenvalue weighted by Crippen LogP contribution is -2.37. The number of hydrogen-bond acceptors (Lipinski definition) is 3. The minimum atomic E-state index is -3.91. The molecule has 0 bridgehead atoms. The van der Waals surface area contributed by atoms with Gasteiger partial charge in [-0.3, -0.25) is 4.79 Å². The highest BCUT2D eigenvalue weighted by atomic mass is 79.9. The van der Waals surface area contributed by atoms with Gasteiger partial charge in [0, 0.05) is 21.7 Å². The molecule has 3 aromatic carbocycles. The van der Waals surface area contributed by atoms with Gasteiger partial charge in [0.25, 0.3) is 0 Å². The summed E-state index contributed by atoms with van der Waals surface area (Å²) in [5.74, 6) is -0.407. The quantitative estimate of drug-likeness (QED) is 0.426. The molecule has 0 unspecified atom stereocenters. The second kappa shape index (κ2) is 10.4. The van der Waals surface area contributed by atoms with Crippen molar-refractivity contribution in [3.63, 3.8) is 0 Å². The molecule has 5 nitrogen and oxygen atoms in total. The van der Waals surface area contributed by atoms with Gasteiger partial charge in [0.15, 0.2) is 0 Å². The van der Waals surface area contributed by atoms with Crippen LogP contribution in [0, 0.1) is 0 Å². The molecule has 8 heteroatoms. The molecule has 3 rings (SSSR count). The van der Waals surface area contributed by atoms with Crippen molar-refractivity contribution >= 4 is 49.1 Å². The van der Waals surface area contributed by atoms with Crippen LogP contribution in [0.4, 0.5) is 5.69 Å². The summed E-state index contributed by atoms with van der Waals surface area (Å²) in [6.07, 6.45) is 0.752. The predicted octanol–water partition coefficient (Wildman–Crippen LogP) is 5.49. The standard InChI is InChI=1S/C23H22BrClN2O3S/c1-2-18-5-3-4-6-22(18)26-23(28)16-27(15-17-7-11-20(25)12-8-17)31(29,30)21-13-9-19(24)10-14-21/h3-14H,2,15-16H2,1H3,(H,26,28). The van der Waals surface area contributed by atoms with Crippen LogP contribution in [-0.2, 0) is 27.8 Å². The molecule has 0 atom stereocenters. The molecule has 0 aliphatic rings. The number of carbonyl (C=O) groups excluding carboxylic acids is 1. The normalized spacial score (nSPS) is 11.5. The fraction of sp³-hybridized carbons (Fsp3) is 0.174. The molecular formula is C23H22BrClN2O3S. The molecule has 1 amide bonds. The minimum Gasteiger partial charge on any atom is -0.325 e. The molecule has 0 saturated carbocycles. The summed E-state index contributed by atoms with van der Waals surface area (Å²) in [6.45, 7) is 1.72. The lowest BCUT2D eigenvalue weighted by Gasteiger charge is -2.22. The van der Waals surface area contributed by atoms with Crippen LogP contribution in [0.3, 0.4) is 0 Å². The molecule has 3 aromatic rings. The van der Waals surface area contributed by atoms with Crippen LogP contribution in [0.5, 0.6) is 0 Å². The van der Waals surface area contributed by atoms with Crippen molar-refractivity contribution in [2.45, 2.75) is 24.8 Å². The van der Waals surface area contributed by atoms with Crippen LogP contribution >= 0.6 is 27.5 Å². The zero-order valence-electron chi connectivity index (χ0n) is 16.9. The number of hydrogen-bond donors (Lipinski definition) is 1. The number of carbonyl (C=O) groups is 1. The van der Waals surface area contributed by atoms with Gasteiger partial charge < -0.3 is 5.32 Å². The number of benzene rings is 3. The van der Waals surface area contributed by atoms with E-state index in [1.807, 2.05) is 31.2 Å². The highest BCUT2D eigenvalue weighted by Crippen LogP contribution is 2.22. The van der Waals surface area contributed by atoms with Gasteiger partial charge in [0.2, 0.25) is 15.9 Å². The molecule has 0 aliphatic carbocycles. The summed E-state index contributed by atoms with van der Waals surface area (Å²) in [7, 11) is -3.91. The van der Waals surface area contributed by atoms with Crippen LogP contribution in [0.1, 0.15) is 18.1 Å². The monoisotopic (exact) mass is 520 g/mol. The van der Waals surface area contributed by atoms with Crippen LogP contribution in [0.25, 0.3) is 0 Å². The van der Waals surface area contributed by atoms with E-state index in [2.05, 4.69) is 21.2 Å². The number of nitrogens with zero attached hydrogens (tertiary/aromatic N) is 1. The third-order valence-electron chi connectivity index (χ3n) is 4.72. The molecule has 0 aliphatic heterocycles. The van der Waals surface area contributed by atoms with Gasteiger partial charge in [-0.15, -0.1) is 0 Å². The fourth-order valence-corrected chi connectivity index (χ4v) is 4.85. The minimum absolute atomic E-state index is 0.0401. The molecule has 0 spiro atoms. The average molecular weight is 522 g/mol. The predicted molar refractivity (Wildman–Crippen MR) is 128 cm³/mol. The SMILES string of the molecule is CCc1ccccc1NC(=O)CN(Cc1ccc(Cl)cc1)S(=O)(=O)c1ccc(Br)cc1. The van der Waals surface area contributed by atoms with Gasteiger partial charge in [-0.05, 0) is 60.0 Å². The molecule has 0 aromatic heterocycles. The van der Waals surface area contributed by atoms with Crippen molar-refractivity contribution in [2.24, 2.45) is 0 Å². The van der Waals surface area contributed by atoms with Crippen LogP contribution in [-0.4, -0.2) is 25.2 Å². The van der Waals surface area contributed by atoms with E-state index in [1.54, 1.807) is 36.4 Å². The number of amides is 1. The summed E-state index contributed by atoms with van der Waals surface area (Å²) in [4.78, 5) is 12.9. The van der Waals surface area contributed by atoms with Crippen molar-refractivity contribution in [3.8, 4) is 0 Å². The Kier molecular flexibility index (Phi) is 7.89.